The summed E-state index contributed by atoms with van der Waals surface area (Å²) in [5, 5.41) is 0.501. The Balaban J connectivity index is 2.48. The first kappa shape index (κ1) is 11.4. The second kappa shape index (κ2) is 3.75. The number of sulfonamides is 1. The van der Waals surface area contributed by atoms with Gasteiger partial charge in [0.1, 0.15) is 0 Å². The van der Waals surface area contributed by atoms with Gasteiger partial charge in [0.05, 0.1) is 17.4 Å². The number of carbonyl (C=O) groups excluding carboxylic acids is 1. The smallest absolute Gasteiger partial charge is 0.244 e. The highest BCUT2D eigenvalue weighted by atomic mass is 35.5. The van der Waals surface area contributed by atoms with E-state index in [0.29, 0.717) is 10.7 Å². The molecule has 0 spiro atoms. The van der Waals surface area contributed by atoms with Crippen LogP contribution in [0.4, 0.5) is 5.69 Å². The lowest BCUT2D eigenvalue weighted by atomic mass is 10.2. The number of hydrogen-bond donors (Lipinski definition) is 0. The molecule has 0 aromatic heterocycles. The number of halogens is 1. The lowest BCUT2D eigenvalue weighted by Gasteiger charge is -2.14. The maximum absolute atomic E-state index is 11.7. The number of benzene rings is 1. The van der Waals surface area contributed by atoms with Gasteiger partial charge in [-0.2, -0.15) is 0 Å². The van der Waals surface area contributed by atoms with Crippen molar-refractivity contribution in [3.05, 3.63) is 29.3 Å². The van der Waals surface area contributed by atoms with Gasteiger partial charge in [-0.05, 0) is 24.3 Å². The average molecular weight is 260 g/mol. The molecular weight excluding hydrogens is 250 g/mol. The summed E-state index contributed by atoms with van der Waals surface area (Å²) in [5.41, 5.74) is 0.346. The van der Waals surface area contributed by atoms with Crippen LogP contribution in [0.15, 0.2) is 24.3 Å². The Morgan fingerprint density at radius 1 is 1.31 bits per heavy atom. The minimum Gasteiger partial charge on any atom is -0.273 e. The summed E-state index contributed by atoms with van der Waals surface area (Å²) in [5.74, 6) is -1.00. The molecule has 1 unspecified atom stereocenters. The van der Waals surface area contributed by atoms with Crippen LogP contribution in [0.5, 0.6) is 0 Å². The zero-order valence-corrected chi connectivity index (χ0v) is 10.1. The maximum Gasteiger partial charge on any atom is 0.244 e. The van der Waals surface area contributed by atoms with Crippen LogP contribution in [0.25, 0.3) is 0 Å². The summed E-state index contributed by atoms with van der Waals surface area (Å²) in [6.45, 7) is 1.61. The third-order valence-corrected chi connectivity index (χ3v) is 4.54. The molecule has 1 heterocycles. The van der Waals surface area contributed by atoms with Gasteiger partial charge in [0.15, 0.2) is 0 Å². The van der Waals surface area contributed by atoms with E-state index in [0.717, 1.165) is 4.31 Å². The fraction of sp³-hybridized carbons (Fsp3) is 0.300. The molecule has 1 amide bonds. The highest BCUT2D eigenvalue weighted by molar-refractivity contribution is 7.94. The SMILES string of the molecule is CC1CS(=O)(=O)N(c2ccc(Cl)cc2)C1=O. The van der Waals surface area contributed by atoms with Crippen molar-refractivity contribution in [1.29, 1.82) is 0 Å². The quantitative estimate of drug-likeness (QED) is 0.771. The van der Waals surface area contributed by atoms with Gasteiger partial charge < -0.3 is 0 Å². The number of anilines is 1. The van der Waals surface area contributed by atoms with Gasteiger partial charge in [-0.25, -0.2) is 12.7 Å². The normalized spacial score (nSPS) is 23.8. The van der Waals surface area contributed by atoms with Crippen LogP contribution in [0.2, 0.25) is 5.02 Å². The lowest BCUT2D eigenvalue weighted by Crippen LogP contribution is -2.30. The summed E-state index contributed by atoms with van der Waals surface area (Å²) in [7, 11) is -3.51. The van der Waals surface area contributed by atoms with E-state index in [9.17, 15) is 13.2 Å². The minimum atomic E-state index is -3.51. The molecule has 86 valence electrons. The third-order valence-electron chi connectivity index (χ3n) is 2.42. The second-order valence-electron chi connectivity index (χ2n) is 3.76. The Morgan fingerprint density at radius 2 is 1.88 bits per heavy atom. The molecule has 0 saturated carbocycles. The van der Waals surface area contributed by atoms with Gasteiger partial charge in [-0.3, -0.25) is 4.79 Å². The van der Waals surface area contributed by atoms with E-state index in [2.05, 4.69) is 0 Å². The van der Waals surface area contributed by atoms with Crippen molar-refractivity contribution in [2.75, 3.05) is 10.1 Å². The van der Waals surface area contributed by atoms with E-state index in [4.69, 9.17) is 11.6 Å². The molecule has 1 aromatic rings. The summed E-state index contributed by atoms with van der Waals surface area (Å²) >= 11 is 5.70. The zero-order chi connectivity index (χ0) is 11.9. The van der Waals surface area contributed by atoms with Crippen LogP contribution >= 0.6 is 11.6 Å². The van der Waals surface area contributed by atoms with Crippen molar-refractivity contribution >= 4 is 33.2 Å². The monoisotopic (exact) mass is 259 g/mol. The standard InChI is InChI=1S/C10H10ClNO3S/c1-7-6-16(14,15)12(10(7)13)9-4-2-8(11)3-5-9/h2-5,7H,6H2,1H3. The summed E-state index contributed by atoms with van der Waals surface area (Å²) in [6, 6.07) is 6.16. The Morgan fingerprint density at radius 3 is 2.31 bits per heavy atom. The van der Waals surface area contributed by atoms with Gasteiger partial charge in [-0.1, -0.05) is 18.5 Å². The molecule has 1 atom stereocenters. The van der Waals surface area contributed by atoms with Crippen molar-refractivity contribution in [3.8, 4) is 0 Å². The molecule has 0 aliphatic carbocycles. The van der Waals surface area contributed by atoms with Crippen molar-refractivity contribution < 1.29 is 13.2 Å². The number of carbonyl (C=O) groups is 1. The second-order valence-corrected chi connectivity index (χ2v) is 6.06. The fourth-order valence-electron chi connectivity index (χ4n) is 1.66. The molecule has 2 rings (SSSR count). The van der Waals surface area contributed by atoms with Crippen molar-refractivity contribution in [2.45, 2.75) is 6.92 Å². The molecule has 1 saturated heterocycles. The van der Waals surface area contributed by atoms with Crippen molar-refractivity contribution in [2.24, 2.45) is 5.92 Å². The number of amides is 1. The summed E-state index contributed by atoms with van der Waals surface area (Å²) in [4.78, 5) is 11.7. The van der Waals surface area contributed by atoms with Crippen LogP contribution < -0.4 is 4.31 Å². The Labute approximate surface area is 98.9 Å². The predicted octanol–water partition coefficient (Wildman–Crippen LogP) is 1.65. The van der Waals surface area contributed by atoms with Gasteiger partial charge >= 0.3 is 0 Å². The minimum absolute atomic E-state index is 0.130. The lowest BCUT2D eigenvalue weighted by molar-refractivity contribution is -0.119. The molecule has 1 fully saturated rings. The molecule has 4 nitrogen and oxygen atoms in total. The molecule has 1 aromatic carbocycles. The topological polar surface area (TPSA) is 54.5 Å². The van der Waals surface area contributed by atoms with Gasteiger partial charge in [0.25, 0.3) is 0 Å². The maximum atomic E-state index is 11.7. The van der Waals surface area contributed by atoms with E-state index in [-0.39, 0.29) is 11.7 Å². The number of rotatable bonds is 1. The zero-order valence-electron chi connectivity index (χ0n) is 8.55. The third kappa shape index (κ3) is 1.81. The van der Waals surface area contributed by atoms with Crippen molar-refractivity contribution in [1.82, 2.24) is 0 Å². The van der Waals surface area contributed by atoms with Gasteiger partial charge in [0.2, 0.25) is 15.9 Å². The number of hydrogen-bond acceptors (Lipinski definition) is 3. The van der Waals surface area contributed by atoms with E-state index in [1.807, 2.05) is 0 Å². The molecule has 16 heavy (non-hydrogen) atoms. The Bertz CT molecular complexity index is 524. The molecule has 0 radical (unpaired) electrons. The molecule has 0 bridgehead atoms. The highest BCUT2D eigenvalue weighted by Crippen LogP contribution is 2.28. The summed E-state index contributed by atoms with van der Waals surface area (Å²) < 4.78 is 24.3. The predicted molar refractivity (Wildman–Crippen MR) is 61.9 cm³/mol. The van der Waals surface area contributed by atoms with E-state index in [1.54, 1.807) is 19.1 Å². The first-order valence-electron chi connectivity index (χ1n) is 4.74. The van der Waals surface area contributed by atoms with Crippen LogP contribution in [-0.2, 0) is 14.8 Å². The first-order chi connectivity index (χ1) is 7.42. The van der Waals surface area contributed by atoms with E-state index >= 15 is 0 Å². The van der Waals surface area contributed by atoms with Crippen LogP contribution in [0, 0.1) is 5.92 Å². The molecule has 1 aliphatic rings. The average Bonchev–Trinajstić information content (AvgIpc) is 2.39. The fourth-order valence-corrected chi connectivity index (χ4v) is 3.61. The molecule has 0 N–H and O–H groups in total. The largest absolute Gasteiger partial charge is 0.273 e. The van der Waals surface area contributed by atoms with E-state index < -0.39 is 15.9 Å². The molecule has 1 aliphatic heterocycles. The first-order valence-corrected chi connectivity index (χ1v) is 6.73. The number of nitrogens with zero attached hydrogens (tertiary/aromatic N) is 1. The Hall–Kier alpha value is -1.07. The molecule has 6 heteroatoms. The van der Waals surface area contributed by atoms with Gasteiger partial charge in [0, 0.05) is 5.02 Å². The molecular formula is C10H10ClNO3S. The van der Waals surface area contributed by atoms with Gasteiger partial charge in [-0.15, -0.1) is 0 Å². The van der Waals surface area contributed by atoms with Crippen LogP contribution in [0.1, 0.15) is 6.92 Å². The highest BCUT2D eigenvalue weighted by Gasteiger charge is 2.41. The Kier molecular flexibility index (Phi) is 2.67. The van der Waals surface area contributed by atoms with E-state index in [1.165, 1.54) is 12.1 Å². The van der Waals surface area contributed by atoms with Crippen molar-refractivity contribution in [3.63, 3.8) is 0 Å². The summed E-state index contributed by atoms with van der Waals surface area (Å²) in [6.07, 6.45) is 0. The van der Waals surface area contributed by atoms with Crippen LogP contribution in [-0.4, -0.2) is 20.1 Å². The van der Waals surface area contributed by atoms with Crippen LogP contribution in [0.3, 0.4) is 0 Å².